The van der Waals surface area contributed by atoms with Crippen LogP contribution in [0.1, 0.15) is 16.2 Å². The van der Waals surface area contributed by atoms with Gasteiger partial charge in [-0.05, 0) is 48.5 Å². The number of aromatic amines is 1. The van der Waals surface area contributed by atoms with Crippen LogP contribution in [0.4, 0.5) is 4.39 Å². The zero-order valence-electron chi connectivity index (χ0n) is 12.9. The Hall–Kier alpha value is -3.22. The van der Waals surface area contributed by atoms with Gasteiger partial charge >= 0.3 is 0 Å². The minimum atomic E-state index is -0.318. The van der Waals surface area contributed by atoms with Gasteiger partial charge in [-0.15, -0.1) is 0 Å². The molecule has 3 aromatic rings. The number of benzene rings is 2. The van der Waals surface area contributed by atoms with Crippen molar-refractivity contribution in [2.24, 2.45) is 0 Å². The zero-order valence-corrected chi connectivity index (χ0v) is 12.9. The third-order valence-electron chi connectivity index (χ3n) is 3.40. The Labute approximate surface area is 137 Å². The summed E-state index contributed by atoms with van der Waals surface area (Å²) in [5.74, 6) is 1.10. The quantitative estimate of drug-likeness (QED) is 0.755. The van der Waals surface area contributed by atoms with E-state index < -0.39 is 0 Å². The van der Waals surface area contributed by atoms with Crippen molar-refractivity contribution < 1.29 is 13.9 Å². The normalized spacial score (nSPS) is 10.4. The number of aromatic nitrogens is 3. The minimum absolute atomic E-state index is 0.207. The van der Waals surface area contributed by atoms with E-state index in [9.17, 15) is 9.18 Å². The number of ether oxygens (including phenoxy) is 1. The molecule has 2 aromatic carbocycles. The summed E-state index contributed by atoms with van der Waals surface area (Å²) >= 11 is 0. The molecule has 0 fully saturated rings. The van der Waals surface area contributed by atoms with Gasteiger partial charge in [0.1, 0.15) is 17.4 Å². The summed E-state index contributed by atoms with van der Waals surface area (Å²) in [6, 6.07) is 12.7. The van der Waals surface area contributed by atoms with Crippen LogP contribution in [0.15, 0.2) is 48.5 Å². The van der Waals surface area contributed by atoms with Gasteiger partial charge in [0.25, 0.3) is 5.91 Å². The average molecular weight is 326 g/mol. The first-order valence-electron chi connectivity index (χ1n) is 7.25. The highest BCUT2D eigenvalue weighted by molar-refractivity contribution is 5.94. The first kappa shape index (κ1) is 15.7. The summed E-state index contributed by atoms with van der Waals surface area (Å²) in [6.45, 7) is 0.207. The molecule has 0 saturated heterocycles. The second-order valence-corrected chi connectivity index (χ2v) is 5.02. The number of halogens is 1. The van der Waals surface area contributed by atoms with Crippen molar-refractivity contribution in [3.8, 4) is 17.1 Å². The highest BCUT2D eigenvalue weighted by atomic mass is 19.1. The van der Waals surface area contributed by atoms with Crippen LogP contribution in [0, 0.1) is 5.82 Å². The maximum absolute atomic E-state index is 12.9. The second-order valence-electron chi connectivity index (χ2n) is 5.02. The van der Waals surface area contributed by atoms with Crippen LogP contribution < -0.4 is 10.1 Å². The van der Waals surface area contributed by atoms with Crippen molar-refractivity contribution in [2.75, 3.05) is 7.11 Å². The molecule has 0 unspecified atom stereocenters. The fraction of sp³-hybridized carbons (Fsp3) is 0.118. The molecule has 0 atom stereocenters. The molecular weight excluding hydrogens is 311 g/mol. The topological polar surface area (TPSA) is 79.9 Å². The van der Waals surface area contributed by atoms with E-state index in [1.807, 2.05) is 0 Å². The standard InChI is InChI=1S/C17H15FN4O2/c1-24-14-8-4-12(5-9-14)17(23)19-10-15-20-16(22-21-15)11-2-6-13(18)7-3-11/h2-9H,10H2,1H3,(H,19,23)(H,20,21,22). The summed E-state index contributed by atoms with van der Waals surface area (Å²) in [5.41, 5.74) is 1.22. The van der Waals surface area contributed by atoms with Crippen LogP contribution >= 0.6 is 0 Å². The molecular formula is C17H15FN4O2. The van der Waals surface area contributed by atoms with Gasteiger partial charge in [-0.3, -0.25) is 9.89 Å². The first-order chi connectivity index (χ1) is 11.7. The largest absolute Gasteiger partial charge is 0.497 e. The molecule has 6 nitrogen and oxygen atoms in total. The van der Waals surface area contributed by atoms with Crippen LogP contribution in [0.5, 0.6) is 5.75 Å². The molecule has 1 aromatic heterocycles. The monoisotopic (exact) mass is 326 g/mol. The molecule has 3 rings (SSSR count). The lowest BCUT2D eigenvalue weighted by Crippen LogP contribution is -2.23. The number of nitrogens with zero attached hydrogens (tertiary/aromatic N) is 2. The van der Waals surface area contributed by atoms with Crippen LogP contribution in [0.25, 0.3) is 11.4 Å². The van der Waals surface area contributed by atoms with Crippen molar-refractivity contribution in [3.63, 3.8) is 0 Å². The molecule has 7 heteroatoms. The smallest absolute Gasteiger partial charge is 0.251 e. The highest BCUT2D eigenvalue weighted by Crippen LogP contribution is 2.15. The zero-order chi connectivity index (χ0) is 16.9. The van der Waals surface area contributed by atoms with Crippen LogP contribution in [-0.4, -0.2) is 28.2 Å². The SMILES string of the molecule is COc1ccc(C(=O)NCc2nc(-c3ccc(F)cc3)n[nH]2)cc1. The van der Waals surface area contributed by atoms with Gasteiger partial charge in [-0.2, -0.15) is 5.10 Å². The third-order valence-corrected chi connectivity index (χ3v) is 3.40. The molecule has 1 amide bonds. The average Bonchev–Trinajstić information content (AvgIpc) is 3.09. The maximum Gasteiger partial charge on any atom is 0.251 e. The molecule has 0 saturated carbocycles. The summed E-state index contributed by atoms with van der Waals surface area (Å²) in [7, 11) is 1.57. The van der Waals surface area contributed by atoms with Crippen molar-refractivity contribution in [1.82, 2.24) is 20.5 Å². The number of amides is 1. The lowest BCUT2D eigenvalue weighted by molar-refractivity contribution is 0.0950. The number of carbonyl (C=O) groups is 1. The maximum atomic E-state index is 12.9. The Morgan fingerprint density at radius 1 is 1.17 bits per heavy atom. The number of nitrogens with one attached hydrogen (secondary N) is 2. The third kappa shape index (κ3) is 3.57. The van der Waals surface area contributed by atoms with Gasteiger partial charge in [-0.1, -0.05) is 0 Å². The Morgan fingerprint density at radius 3 is 2.54 bits per heavy atom. The first-order valence-corrected chi connectivity index (χ1v) is 7.25. The molecule has 0 aliphatic carbocycles. The molecule has 0 radical (unpaired) electrons. The van der Waals surface area contributed by atoms with E-state index in [2.05, 4.69) is 20.5 Å². The van der Waals surface area contributed by atoms with E-state index >= 15 is 0 Å². The molecule has 2 N–H and O–H groups in total. The van der Waals surface area contributed by atoms with Crippen molar-refractivity contribution in [3.05, 3.63) is 65.7 Å². The molecule has 122 valence electrons. The van der Waals surface area contributed by atoms with E-state index in [4.69, 9.17) is 4.74 Å². The predicted octanol–water partition coefficient (Wildman–Crippen LogP) is 2.55. The van der Waals surface area contributed by atoms with Gasteiger partial charge in [0.15, 0.2) is 5.82 Å². The van der Waals surface area contributed by atoms with Gasteiger partial charge in [0.05, 0.1) is 13.7 Å². The highest BCUT2D eigenvalue weighted by Gasteiger charge is 2.09. The summed E-state index contributed by atoms with van der Waals surface area (Å²) in [5, 5.41) is 9.57. The van der Waals surface area contributed by atoms with Crippen LogP contribution in [-0.2, 0) is 6.54 Å². The van der Waals surface area contributed by atoms with E-state index in [0.29, 0.717) is 28.5 Å². The Balaban J connectivity index is 1.62. The fourth-order valence-corrected chi connectivity index (χ4v) is 2.11. The Bertz CT molecular complexity index is 829. The van der Waals surface area contributed by atoms with E-state index in [1.54, 1.807) is 43.5 Å². The van der Waals surface area contributed by atoms with Crippen molar-refractivity contribution >= 4 is 5.91 Å². The molecule has 24 heavy (non-hydrogen) atoms. The number of hydrogen-bond donors (Lipinski definition) is 2. The lowest BCUT2D eigenvalue weighted by Gasteiger charge is -2.04. The molecule has 0 spiro atoms. The van der Waals surface area contributed by atoms with Crippen molar-refractivity contribution in [2.45, 2.75) is 6.54 Å². The Morgan fingerprint density at radius 2 is 1.88 bits per heavy atom. The van der Waals surface area contributed by atoms with Gasteiger partial charge in [-0.25, -0.2) is 9.37 Å². The summed E-state index contributed by atoms with van der Waals surface area (Å²) < 4.78 is 18.0. The Kier molecular flexibility index (Phi) is 4.51. The molecule has 0 aliphatic heterocycles. The fourth-order valence-electron chi connectivity index (χ4n) is 2.11. The predicted molar refractivity (Wildman–Crippen MR) is 85.9 cm³/mol. The molecule has 0 aliphatic rings. The second kappa shape index (κ2) is 6.91. The number of rotatable bonds is 5. The van der Waals surface area contributed by atoms with Gasteiger partial charge in [0, 0.05) is 11.1 Å². The number of carbonyl (C=O) groups excluding carboxylic acids is 1. The summed E-state index contributed by atoms with van der Waals surface area (Å²) in [4.78, 5) is 16.4. The molecule has 0 bridgehead atoms. The van der Waals surface area contributed by atoms with Gasteiger partial charge in [0.2, 0.25) is 0 Å². The van der Waals surface area contributed by atoms with Gasteiger partial charge < -0.3 is 10.1 Å². The van der Waals surface area contributed by atoms with E-state index in [-0.39, 0.29) is 18.3 Å². The van der Waals surface area contributed by atoms with E-state index in [1.165, 1.54) is 12.1 Å². The summed E-state index contributed by atoms with van der Waals surface area (Å²) in [6.07, 6.45) is 0. The minimum Gasteiger partial charge on any atom is -0.497 e. The number of hydrogen-bond acceptors (Lipinski definition) is 4. The molecule has 1 heterocycles. The van der Waals surface area contributed by atoms with E-state index in [0.717, 1.165) is 0 Å². The lowest BCUT2D eigenvalue weighted by atomic mass is 10.2. The number of methoxy groups -OCH3 is 1. The van der Waals surface area contributed by atoms with Crippen molar-refractivity contribution in [1.29, 1.82) is 0 Å². The number of H-pyrrole nitrogens is 1. The van der Waals surface area contributed by atoms with Crippen LogP contribution in [0.2, 0.25) is 0 Å². The van der Waals surface area contributed by atoms with Crippen LogP contribution in [0.3, 0.4) is 0 Å².